The highest BCUT2D eigenvalue weighted by molar-refractivity contribution is 7.18. The van der Waals surface area contributed by atoms with Gasteiger partial charge in [0.05, 0.1) is 15.2 Å². The highest BCUT2D eigenvalue weighted by Gasteiger charge is 2.26. The molecule has 0 saturated carbocycles. The first-order valence-electron chi connectivity index (χ1n) is 9.63. The van der Waals surface area contributed by atoms with Crippen molar-refractivity contribution in [3.8, 4) is 5.75 Å². The summed E-state index contributed by atoms with van der Waals surface area (Å²) in [6, 6.07) is 5.78. The Kier molecular flexibility index (Phi) is 6.59. The average Bonchev–Trinajstić information content (AvgIpc) is 3.03. The Hall–Kier alpha value is -2.39. The molecule has 0 spiro atoms. The summed E-state index contributed by atoms with van der Waals surface area (Å²) in [6.07, 6.45) is -0.288. The number of fused-ring (bicyclic) bond motifs is 1. The summed E-state index contributed by atoms with van der Waals surface area (Å²) >= 11 is 1.64. The Balaban J connectivity index is 1.47. The summed E-state index contributed by atoms with van der Waals surface area (Å²) in [5.74, 6) is 0.693. The lowest BCUT2D eigenvalue weighted by molar-refractivity contribution is 0.0156. The number of nitrogens with zero attached hydrogens (tertiary/aromatic N) is 4. The van der Waals surface area contributed by atoms with Crippen LogP contribution in [-0.2, 0) is 4.74 Å². The second-order valence-electron chi connectivity index (χ2n) is 8.06. The number of thiazole rings is 1. The van der Waals surface area contributed by atoms with Gasteiger partial charge in [-0.2, -0.15) is 0 Å². The first-order valence-corrected chi connectivity index (χ1v) is 10.5. The standard InChI is InChI=1S/C20H28N4O4S/c1-14-21-17-11-16(5-6-18(17)29-14)27-13-15(22-26)12-23-7-9-24(10-8-23)19(25)28-20(2,3)4/h5-6,11,26H,7-10,12-13H2,1-4H3/b22-15-. The fraction of sp³-hybridized carbons (Fsp3) is 0.550. The number of aromatic nitrogens is 1. The highest BCUT2D eigenvalue weighted by Crippen LogP contribution is 2.25. The van der Waals surface area contributed by atoms with E-state index in [1.165, 1.54) is 0 Å². The first-order chi connectivity index (χ1) is 13.7. The van der Waals surface area contributed by atoms with E-state index in [-0.39, 0.29) is 12.7 Å². The number of rotatable bonds is 5. The molecule has 1 N–H and O–H groups in total. The molecule has 9 heteroatoms. The summed E-state index contributed by atoms with van der Waals surface area (Å²) in [4.78, 5) is 20.5. The second kappa shape index (κ2) is 8.96. The zero-order valence-corrected chi connectivity index (χ0v) is 18.2. The van der Waals surface area contributed by atoms with E-state index in [2.05, 4.69) is 15.0 Å². The first kappa shape index (κ1) is 21.3. The maximum absolute atomic E-state index is 12.1. The Morgan fingerprint density at radius 3 is 2.66 bits per heavy atom. The Morgan fingerprint density at radius 1 is 1.28 bits per heavy atom. The summed E-state index contributed by atoms with van der Waals surface area (Å²) in [5, 5.41) is 13.8. The maximum Gasteiger partial charge on any atom is 0.410 e. The molecule has 1 aromatic heterocycles. The minimum absolute atomic E-state index is 0.192. The lowest BCUT2D eigenvalue weighted by Gasteiger charge is -2.35. The molecule has 1 aliphatic rings. The van der Waals surface area contributed by atoms with Gasteiger partial charge in [0.1, 0.15) is 23.7 Å². The van der Waals surface area contributed by atoms with E-state index in [9.17, 15) is 10.0 Å². The van der Waals surface area contributed by atoms with Crippen molar-refractivity contribution in [2.45, 2.75) is 33.3 Å². The number of carbonyl (C=O) groups is 1. The molecule has 8 nitrogen and oxygen atoms in total. The smallest absolute Gasteiger partial charge is 0.410 e. The summed E-state index contributed by atoms with van der Waals surface area (Å²) in [5.41, 5.74) is 0.943. The molecular weight excluding hydrogens is 392 g/mol. The van der Waals surface area contributed by atoms with Gasteiger partial charge in [0.15, 0.2) is 0 Å². The normalized spacial score (nSPS) is 16.3. The molecular formula is C20H28N4O4S. The maximum atomic E-state index is 12.1. The van der Waals surface area contributed by atoms with Crippen molar-refractivity contribution in [3.05, 3.63) is 23.2 Å². The minimum Gasteiger partial charge on any atom is -0.487 e. The van der Waals surface area contributed by atoms with Gasteiger partial charge in [-0.1, -0.05) is 5.16 Å². The number of piperazine rings is 1. The zero-order valence-electron chi connectivity index (χ0n) is 17.3. The van der Waals surface area contributed by atoms with Crippen LogP contribution in [0.5, 0.6) is 5.75 Å². The molecule has 2 heterocycles. The van der Waals surface area contributed by atoms with E-state index in [1.807, 2.05) is 45.9 Å². The molecule has 0 radical (unpaired) electrons. The average molecular weight is 421 g/mol. The number of oxime groups is 1. The van der Waals surface area contributed by atoms with E-state index in [1.54, 1.807) is 16.2 Å². The molecule has 2 aromatic rings. The molecule has 29 heavy (non-hydrogen) atoms. The largest absolute Gasteiger partial charge is 0.487 e. The van der Waals surface area contributed by atoms with Crippen molar-refractivity contribution in [3.63, 3.8) is 0 Å². The van der Waals surface area contributed by atoms with Gasteiger partial charge in [0.2, 0.25) is 0 Å². The predicted molar refractivity (Wildman–Crippen MR) is 113 cm³/mol. The molecule has 0 bridgehead atoms. The van der Waals surface area contributed by atoms with Crippen LogP contribution in [0.4, 0.5) is 4.79 Å². The molecule has 1 amide bonds. The predicted octanol–water partition coefficient (Wildman–Crippen LogP) is 3.37. The number of ether oxygens (including phenoxy) is 2. The monoisotopic (exact) mass is 420 g/mol. The lowest BCUT2D eigenvalue weighted by Crippen LogP contribution is -2.51. The van der Waals surface area contributed by atoms with Crippen molar-refractivity contribution >= 4 is 33.4 Å². The number of aryl methyl sites for hydroxylation is 1. The third kappa shape index (κ3) is 6.04. The number of amides is 1. The summed E-state index contributed by atoms with van der Waals surface area (Å²) < 4.78 is 12.3. The minimum atomic E-state index is -0.497. The molecule has 3 rings (SSSR count). The highest BCUT2D eigenvalue weighted by atomic mass is 32.1. The van der Waals surface area contributed by atoms with Crippen LogP contribution in [0, 0.1) is 6.92 Å². The second-order valence-corrected chi connectivity index (χ2v) is 9.30. The van der Waals surface area contributed by atoms with Gasteiger partial charge in [-0.3, -0.25) is 4.90 Å². The van der Waals surface area contributed by atoms with Gasteiger partial charge < -0.3 is 19.6 Å². The number of hydrogen-bond acceptors (Lipinski definition) is 8. The van der Waals surface area contributed by atoms with Gasteiger partial charge in [0, 0.05) is 38.8 Å². The molecule has 1 saturated heterocycles. The van der Waals surface area contributed by atoms with Crippen molar-refractivity contribution in [1.29, 1.82) is 0 Å². The zero-order chi connectivity index (χ0) is 21.0. The van der Waals surface area contributed by atoms with Crippen LogP contribution in [0.25, 0.3) is 10.2 Å². The van der Waals surface area contributed by atoms with Crippen molar-refractivity contribution in [2.75, 3.05) is 39.3 Å². The van der Waals surface area contributed by atoms with Crippen LogP contribution in [0.2, 0.25) is 0 Å². The van der Waals surface area contributed by atoms with Gasteiger partial charge in [-0.05, 0) is 39.8 Å². The van der Waals surface area contributed by atoms with Crippen molar-refractivity contribution in [2.24, 2.45) is 5.16 Å². The lowest BCUT2D eigenvalue weighted by atomic mass is 10.2. The number of hydrogen-bond donors (Lipinski definition) is 1. The summed E-state index contributed by atoms with van der Waals surface area (Å²) in [7, 11) is 0. The van der Waals surface area contributed by atoms with E-state index < -0.39 is 5.60 Å². The SMILES string of the molecule is Cc1nc2cc(OC/C(CN3CCN(C(=O)OC(C)(C)C)CC3)=N\O)ccc2s1. The molecule has 0 atom stereocenters. The van der Waals surface area contributed by atoms with Crippen molar-refractivity contribution in [1.82, 2.24) is 14.8 Å². The van der Waals surface area contributed by atoms with E-state index in [0.29, 0.717) is 44.2 Å². The van der Waals surface area contributed by atoms with E-state index >= 15 is 0 Å². The van der Waals surface area contributed by atoms with Crippen LogP contribution in [0.1, 0.15) is 25.8 Å². The molecule has 1 aromatic carbocycles. The van der Waals surface area contributed by atoms with Gasteiger partial charge >= 0.3 is 6.09 Å². The van der Waals surface area contributed by atoms with Crippen LogP contribution in [0.3, 0.4) is 0 Å². The molecule has 1 aliphatic heterocycles. The molecule has 0 unspecified atom stereocenters. The molecule has 0 aliphatic carbocycles. The number of benzene rings is 1. The van der Waals surface area contributed by atoms with E-state index in [4.69, 9.17) is 9.47 Å². The van der Waals surface area contributed by atoms with Crippen LogP contribution in [0.15, 0.2) is 23.4 Å². The van der Waals surface area contributed by atoms with E-state index in [0.717, 1.165) is 15.2 Å². The Morgan fingerprint density at radius 2 is 2.00 bits per heavy atom. The Labute approximate surface area is 174 Å². The number of carbonyl (C=O) groups excluding carboxylic acids is 1. The van der Waals surface area contributed by atoms with Crippen LogP contribution < -0.4 is 4.74 Å². The molecule has 158 valence electrons. The van der Waals surface area contributed by atoms with Crippen LogP contribution in [-0.4, -0.2) is 76.7 Å². The Bertz CT molecular complexity index is 882. The quantitative estimate of drug-likeness (QED) is 0.453. The third-order valence-corrected chi connectivity index (χ3v) is 5.39. The summed E-state index contributed by atoms with van der Waals surface area (Å²) in [6.45, 7) is 10.8. The van der Waals surface area contributed by atoms with Gasteiger partial charge in [0.25, 0.3) is 0 Å². The fourth-order valence-electron chi connectivity index (χ4n) is 3.06. The fourth-order valence-corrected chi connectivity index (χ4v) is 3.87. The van der Waals surface area contributed by atoms with Crippen molar-refractivity contribution < 1.29 is 19.5 Å². The van der Waals surface area contributed by atoms with Gasteiger partial charge in [-0.15, -0.1) is 11.3 Å². The van der Waals surface area contributed by atoms with Crippen LogP contribution >= 0.6 is 11.3 Å². The third-order valence-electron chi connectivity index (χ3n) is 4.44. The topological polar surface area (TPSA) is 87.5 Å². The van der Waals surface area contributed by atoms with Gasteiger partial charge in [-0.25, -0.2) is 9.78 Å². The molecule has 1 fully saturated rings.